The van der Waals surface area contributed by atoms with Crippen LogP contribution in [0.3, 0.4) is 0 Å². The van der Waals surface area contributed by atoms with Crippen molar-refractivity contribution in [1.29, 1.82) is 0 Å². The van der Waals surface area contributed by atoms with Gasteiger partial charge in [-0.15, -0.1) is 0 Å². The molecule has 4 rings (SSSR count). The van der Waals surface area contributed by atoms with Crippen molar-refractivity contribution < 1.29 is 24.2 Å². The lowest BCUT2D eigenvalue weighted by molar-refractivity contribution is -0.152. The van der Waals surface area contributed by atoms with Gasteiger partial charge in [0.2, 0.25) is 0 Å². The first kappa shape index (κ1) is 27.5. The molecule has 1 amide bonds. The summed E-state index contributed by atoms with van der Waals surface area (Å²) in [5.74, 6) is -0.665. The second-order valence-corrected chi connectivity index (χ2v) is 10.3. The van der Waals surface area contributed by atoms with Gasteiger partial charge in [-0.1, -0.05) is 48.9 Å². The number of nitrogens with one attached hydrogen (secondary N) is 1. The summed E-state index contributed by atoms with van der Waals surface area (Å²) in [4.78, 5) is 26.0. The quantitative estimate of drug-likeness (QED) is 0.276. The number of phenolic OH excluding ortho intramolecular Hbond substituents is 1. The van der Waals surface area contributed by atoms with E-state index in [0.29, 0.717) is 29.3 Å². The summed E-state index contributed by atoms with van der Waals surface area (Å²) in [6.07, 6.45) is 2.20. The zero-order valence-electron chi connectivity index (χ0n) is 21.9. The molecule has 0 spiro atoms. The smallest absolute Gasteiger partial charge is 0.397 e. The number of carbonyl (C=O) groups excluding carboxylic acids is 2. The van der Waals surface area contributed by atoms with Crippen LogP contribution in [-0.2, 0) is 26.3 Å². The van der Waals surface area contributed by atoms with Crippen LogP contribution in [0.2, 0.25) is 5.02 Å². The van der Waals surface area contributed by atoms with E-state index in [1.165, 1.54) is 11.6 Å². The highest BCUT2D eigenvalue weighted by Crippen LogP contribution is 2.38. The third kappa shape index (κ3) is 6.47. The lowest BCUT2D eigenvalue weighted by Gasteiger charge is -2.41. The molecule has 1 aliphatic heterocycles. The Hall–Kier alpha value is -3.55. The molecule has 3 aromatic rings. The Morgan fingerprint density at radius 1 is 1.13 bits per heavy atom. The van der Waals surface area contributed by atoms with E-state index < -0.39 is 11.9 Å². The summed E-state index contributed by atoms with van der Waals surface area (Å²) < 4.78 is 10.8. The van der Waals surface area contributed by atoms with E-state index in [9.17, 15) is 14.7 Å². The number of halogens is 1. The van der Waals surface area contributed by atoms with Crippen molar-refractivity contribution in [3.05, 3.63) is 82.4 Å². The van der Waals surface area contributed by atoms with Crippen LogP contribution in [0.25, 0.3) is 0 Å². The monoisotopic (exact) mass is 536 g/mol. The maximum Gasteiger partial charge on any atom is 0.397 e. The Labute approximate surface area is 228 Å². The van der Waals surface area contributed by atoms with Gasteiger partial charge in [0.15, 0.2) is 0 Å². The molecular formula is C30H33ClN2O5. The van der Waals surface area contributed by atoms with E-state index in [1.54, 1.807) is 32.0 Å². The maximum absolute atomic E-state index is 12.0. The molecule has 0 aromatic heterocycles. The van der Waals surface area contributed by atoms with E-state index in [0.717, 1.165) is 31.5 Å². The van der Waals surface area contributed by atoms with Gasteiger partial charge in [-0.2, -0.15) is 0 Å². The van der Waals surface area contributed by atoms with E-state index in [4.69, 9.17) is 21.1 Å². The van der Waals surface area contributed by atoms with Crippen molar-refractivity contribution in [2.45, 2.75) is 45.6 Å². The molecule has 38 heavy (non-hydrogen) atoms. The second kappa shape index (κ2) is 11.9. The number of ether oxygens (including phenoxy) is 2. The van der Waals surface area contributed by atoms with Gasteiger partial charge in [0, 0.05) is 29.8 Å². The second-order valence-electron chi connectivity index (χ2n) is 9.91. The summed E-state index contributed by atoms with van der Waals surface area (Å²) in [6.45, 7) is 8.27. The van der Waals surface area contributed by atoms with Crippen LogP contribution in [0.4, 0.5) is 5.69 Å². The van der Waals surface area contributed by atoms with Crippen LogP contribution in [0.15, 0.2) is 60.7 Å². The number of hydrogen-bond acceptors (Lipinski definition) is 6. The van der Waals surface area contributed by atoms with Gasteiger partial charge in [-0.25, -0.2) is 4.79 Å². The number of likely N-dealkylation sites (tertiary alicyclic amines) is 1. The fourth-order valence-electron chi connectivity index (χ4n) is 4.98. The summed E-state index contributed by atoms with van der Waals surface area (Å²) in [6, 6.07) is 18.9. The highest BCUT2D eigenvalue weighted by Gasteiger charge is 2.32. The average Bonchev–Trinajstić information content (AvgIpc) is 2.89. The Bertz CT molecular complexity index is 1290. The third-order valence-corrected chi connectivity index (χ3v) is 7.14. The summed E-state index contributed by atoms with van der Waals surface area (Å²) in [7, 11) is 0. The van der Waals surface area contributed by atoms with Crippen LogP contribution in [-0.4, -0.2) is 41.6 Å². The van der Waals surface area contributed by atoms with Crippen molar-refractivity contribution in [2.24, 2.45) is 0 Å². The molecule has 0 radical (unpaired) electrons. The third-order valence-electron chi connectivity index (χ3n) is 6.86. The Morgan fingerprint density at radius 3 is 2.61 bits per heavy atom. The molecule has 200 valence electrons. The number of amides is 1. The van der Waals surface area contributed by atoms with Crippen LogP contribution in [0.1, 0.15) is 43.4 Å². The normalized spacial score (nSPS) is 17.6. The number of benzene rings is 3. The molecule has 0 aliphatic carbocycles. The van der Waals surface area contributed by atoms with Crippen molar-refractivity contribution in [2.75, 3.05) is 25.0 Å². The van der Waals surface area contributed by atoms with E-state index in [1.807, 2.05) is 12.1 Å². The lowest BCUT2D eigenvalue weighted by Crippen LogP contribution is -2.43. The Kier molecular flexibility index (Phi) is 8.59. The molecule has 1 aliphatic rings. The SMILES string of the molecule is CCOC(=O)C(=O)Nc1cc(C)c(Oc2ccc(O)c(CN3CCCC(C)(c4ccccc4)C3)c2)c(Cl)c1. The first-order valence-corrected chi connectivity index (χ1v) is 13.1. The van der Waals surface area contributed by atoms with Crippen molar-refractivity contribution in [3.8, 4) is 17.2 Å². The van der Waals surface area contributed by atoms with Crippen molar-refractivity contribution in [3.63, 3.8) is 0 Å². The molecule has 1 saturated heterocycles. The molecule has 0 bridgehead atoms. The number of phenols is 1. The van der Waals surface area contributed by atoms with Gasteiger partial charge < -0.3 is 19.9 Å². The van der Waals surface area contributed by atoms with Gasteiger partial charge in [0.05, 0.1) is 11.6 Å². The minimum atomic E-state index is -0.962. The number of piperidine rings is 1. The average molecular weight is 537 g/mol. The number of aryl methyl sites for hydroxylation is 1. The van der Waals surface area contributed by atoms with E-state index in [-0.39, 0.29) is 22.8 Å². The fraction of sp³-hybridized carbons (Fsp3) is 0.333. The van der Waals surface area contributed by atoms with Crippen molar-refractivity contribution >= 4 is 29.2 Å². The first-order chi connectivity index (χ1) is 18.2. The number of rotatable bonds is 7. The molecule has 1 heterocycles. The predicted octanol–water partition coefficient (Wildman–Crippen LogP) is 6.20. The molecule has 1 fully saturated rings. The number of carbonyl (C=O) groups is 2. The zero-order chi connectivity index (χ0) is 27.3. The number of esters is 1. The fourth-order valence-corrected chi connectivity index (χ4v) is 5.28. The summed E-state index contributed by atoms with van der Waals surface area (Å²) >= 11 is 6.47. The van der Waals surface area contributed by atoms with Gasteiger partial charge in [0.25, 0.3) is 0 Å². The van der Waals surface area contributed by atoms with Gasteiger partial charge >= 0.3 is 11.9 Å². The largest absolute Gasteiger partial charge is 0.508 e. The minimum absolute atomic E-state index is 0.0539. The highest BCUT2D eigenvalue weighted by molar-refractivity contribution is 6.37. The van der Waals surface area contributed by atoms with Crippen LogP contribution < -0.4 is 10.1 Å². The number of aromatic hydroxyl groups is 1. The Balaban J connectivity index is 1.48. The molecule has 1 unspecified atom stereocenters. The number of hydrogen-bond donors (Lipinski definition) is 2. The zero-order valence-corrected chi connectivity index (χ0v) is 22.7. The standard InChI is InChI=1S/C30H33ClN2O5/c1-4-37-29(36)28(35)32-23-15-20(2)27(25(31)17-23)38-24-11-12-26(34)21(16-24)18-33-14-8-13-30(3,19-33)22-9-6-5-7-10-22/h5-7,9-12,15-17,34H,4,8,13-14,18-19H2,1-3H3,(H,32,35). The molecule has 0 saturated carbocycles. The molecule has 2 N–H and O–H groups in total. The van der Waals surface area contributed by atoms with Crippen LogP contribution in [0, 0.1) is 6.92 Å². The first-order valence-electron chi connectivity index (χ1n) is 12.7. The van der Waals surface area contributed by atoms with Gasteiger partial charge in [0.1, 0.15) is 17.2 Å². The van der Waals surface area contributed by atoms with Gasteiger partial charge in [-0.05, 0) is 74.7 Å². The topological polar surface area (TPSA) is 88.1 Å². The highest BCUT2D eigenvalue weighted by atomic mass is 35.5. The van der Waals surface area contributed by atoms with Crippen LogP contribution >= 0.6 is 11.6 Å². The van der Waals surface area contributed by atoms with Gasteiger partial charge in [-0.3, -0.25) is 9.69 Å². The molecular weight excluding hydrogens is 504 g/mol. The minimum Gasteiger partial charge on any atom is -0.508 e. The van der Waals surface area contributed by atoms with E-state index >= 15 is 0 Å². The van der Waals surface area contributed by atoms with Crippen LogP contribution in [0.5, 0.6) is 17.2 Å². The van der Waals surface area contributed by atoms with E-state index in [2.05, 4.69) is 41.4 Å². The Morgan fingerprint density at radius 2 is 1.89 bits per heavy atom. The number of nitrogens with zero attached hydrogens (tertiary/aromatic N) is 1. The molecule has 7 nitrogen and oxygen atoms in total. The maximum atomic E-state index is 12.0. The molecule has 8 heteroatoms. The molecule has 1 atom stereocenters. The number of anilines is 1. The predicted molar refractivity (Wildman–Crippen MR) is 148 cm³/mol. The summed E-state index contributed by atoms with van der Waals surface area (Å²) in [5, 5.41) is 13.4. The lowest BCUT2D eigenvalue weighted by atomic mass is 9.76. The van der Waals surface area contributed by atoms with Crippen molar-refractivity contribution in [1.82, 2.24) is 4.90 Å². The molecule has 3 aromatic carbocycles. The summed E-state index contributed by atoms with van der Waals surface area (Å²) in [5.41, 5.74) is 3.18.